The summed E-state index contributed by atoms with van der Waals surface area (Å²) in [5, 5.41) is 19.5. The number of halogens is 3. The molecule has 0 aromatic heterocycles. The zero-order valence-corrected chi connectivity index (χ0v) is 10.6. The molecule has 0 aliphatic rings. The molecule has 9 heteroatoms. The zero-order chi connectivity index (χ0) is 15.3. The Morgan fingerprint density at radius 3 is 2.60 bits per heavy atom. The second kappa shape index (κ2) is 6.53. The lowest BCUT2D eigenvalue weighted by molar-refractivity contribution is -0.386. The average molecular weight is 294 g/mol. The number of likely N-dealkylation sites (N-methyl/N-ethyl adjacent to an activating group) is 1. The van der Waals surface area contributed by atoms with E-state index in [4.69, 9.17) is 9.84 Å². The molecule has 0 fully saturated rings. The predicted octanol–water partition coefficient (Wildman–Crippen LogP) is 1.87. The first-order chi connectivity index (χ1) is 9.25. The number of ether oxygens (including phenoxy) is 1. The smallest absolute Gasteiger partial charge is 0.416 e. The van der Waals surface area contributed by atoms with Gasteiger partial charge in [-0.3, -0.25) is 15.0 Å². The van der Waals surface area contributed by atoms with Crippen LogP contribution in [0.15, 0.2) is 18.2 Å². The van der Waals surface area contributed by atoms with Crippen LogP contribution >= 0.6 is 0 Å². The molecule has 0 amide bonds. The summed E-state index contributed by atoms with van der Waals surface area (Å²) in [5.74, 6) is -0.241. The first-order valence-corrected chi connectivity index (χ1v) is 5.53. The molecular weight excluding hydrogens is 281 g/mol. The lowest BCUT2D eigenvalue weighted by Crippen LogP contribution is -2.25. The normalized spacial score (nSPS) is 11.7. The van der Waals surface area contributed by atoms with Gasteiger partial charge >= 0.3 is 11.9 Å². The Morgan fingerprint density at radius 2 is 2.10 bits per heavy atom. The van der Waals surface area contributed by atoms with Crippen LogP contribution in [0.2, 0.25) is 0 Å². The fraction of sp³-hybridized carbons (Fsp3) is 0.455. The first-order valence-electron chi connectivity index (χ1n) is 5.53. The van der Waals surface area contributed by atoms with Crippen molar-refractivity contribution in [3.8, 4) is 5.75 Å². The minimum Gasteiger partial charge on any atom is -0.485 e. The van der Waals surface area contributed by atoms with Crippen LogP contribution in [0.1, 0.15) is 5.56 Å². The summed E-state index contributed by atoms with van der Waals surface area (Å²) < 4.78 is 42.5. The van der Waals surface area contributed by atoms with E-state index in [1.165, 1.54) is 4.90 Å². The van der Waals surface area contributed by atoms with Crippen molar-refractivity contribution in [1.29, 1.82) is 0 Å². The molecule has 0 saturated heterocycles. The molecule has 0 saturated carbocycles. The Bertz CT molecular complexity index is 479. The van der Waals surface area contributed by atoms with Gasteiger partial charge in [-0.2, -0.15) is 13.2 Å². The second-order valence-corrected chi connectivity index (χ2v) is 4.01. The van der Waals surface area contributed by atoms with Crippen molar-refractivity contribution in [2.75, 3.05) is 26.9 Å². The van der Waals surface area contributed by atoms with Gasteiger partial charge in [0.2, 0.25) is 0 Å². The molecule has 0 unspecified atom stereocenters. The number of nitrogens with zero attached hydrogens (tertiary/aromatic N) is 2. The first kappa shape index (κ1) is 16.2. The molecule has 0 heterocycles. The van der Waals surface area contributed by atoms with Crippen molar-refractivity contribution in [2.24, 2.45) is 0 Å². The van der Waals surface area contributed by atoms with Crippen LogP contribution in [0, 0.1) is 10.1 Å². The van der Waals surface area contributed by atoms with Crippen molar-refractivity contribution in [3.63, 3.8) is 0 Å². The number of benzene rings is 1. The molecule has 0 atom stereocenters. The largest absolute Gasteiger partial charge is 0.485 e. The molecule has 0 aliphatic heterocycles. The number of hydrogen-bond acceptors (Lipinski definition) is 5. The second-order valence-electron chi connectivity index (χ2n) is 4.01. The summed E-state index contributed by atoms with van der Waals surface area (Å²) in [4.78, 5) is 11.3. The van der Waals surface area contributed by atoms with Crippen LogP contribution in [0.5, 0.6) is 5.75 Å². The lowest BCUT2D eigenvalue weighted by atomic mass is 10.2. The van der Waals surface area contributed by atoms with Gasteiger partial charge in [0.15, 0.2) is 5.75 Å². The molecule has 1 rings (SSSR count). The van der Waals surface area contributed by atoms with Crippen LogP contribution in [0.25, 0.3) is 0 Å². The maximum atomic E-state index is 12.5. The summed E-state index contributed by atoms with van der Waals surface area (Å²) in [6, 6.07) is 2.07. The maximum Gasteiger partial charge on any atom is 0.416 e. The molecule has 1 aromatic rings. The SMILES string of the molecule is CN(CO)CCOc1ccc(C(F)(F)F)cc1[N+](=O)[O-]. The fourth-order valence-electron chi connectivity index (χ4n) is 1.34. The van der Waals surface area contributed by atoms with E-state index >= 15 is 0 Å². The number of hydrogen-bond donors (Lipinski definition) is 1. The van der Waals surface area contributed by atoms with E-state index < -0.39 is 22.4 Å². The number of nitro groups is 1. The van der Waals surface area contributed by atoms with Gasteiger partial charge in [-0.05, 0) is 19.2 Å². The van der Waals surface area contributed by atoms with Gasteiger partial charge < -0.3 is 9.84 Å². The standard InChI is InChI=1S/C11H13F3N2O4/c1-15(7-17)4-5-20-10-3-2-8(11(12,13)14)6-9(10)16(18)19/h2-3,6,17H,4-5,7H2,1H3. The number of aliphatic hydroxyl groups excluding tert-OH is 1. The molecule has 6 nitrogen and oxygen atoms in total. The van der Waals surface area contributed by atoms with Crippen molar-refractivity contribution in [1.82, 2.24) is 4.90 Å². The highest BCUT2D eigenvalue weighted by atomic mass is 19.4. The molecular formula is C11H13F3N2O4. The van der Waals surface area contributed by atoms with Crippen molar-refractivity contribution < 1.29 is 27.9 Å². The minimum atomic E-state index is -4.65. The van der Waals surface area contributed by atoms with Gasteiger partial charge in [-0.15, -0.1) is 0 Å². The number of rotatable bonds is 6. The van der Waals surface area contributed by atoms with Crippen molar-refractivity contribution in [2.45, 2.75) is 6.18 Å². The third-order valence-corrected chi connectivity index (χ3v) is 2.45. The average Bonchev–Trinajstić information content (AvgIpc) is 2.37. The van der Waals surface area contributed by atoms with Crippen molar-refractivity contribution >= 4 is 5.69 Å². The fourth-order valence-corrected chi connectivity index (χ4v) is 1.34. The Hall–Kier alpha value is -1.87. The summed E-state index contributed by atoms with van der Waals surface area (Å²) in [5.41, 5.74) is -1.85. The van der Waals surface area contributed by atoms with Gasteiger partial charge in [-0.1, -0.05) is 0 Å². The Morgan fingerprint density at radius 1 is 1.45 bits per heavy atom. The number of aliphatic hydroxyl groups is 1. The molecule has 20 heavy (non-hydrogen) atoms. The molecule has 0 aliphatic carbocycles. The molecule has 0 bridgehead atoms. The molecule has 112 valence electrons. The quantitative estimate of drug-likeness (QED) is 0.492. The van der Waals surface area contributed by atoms with Crippen LogP contribution in [-0.2, 0) is 6.18 Å². The third kappa shape index (κ3) is 4.35. The van der Waals surface area contributed by atoms with E-state index in [-0.39, 0.29) is 25.6 Å². The molecule has 1 aromatic carbocycles. The van der Waals surface area contributed by atoms with Crippen LogP contribution < -0.4 is 4.74 Å². The zero-order valence-electron chi connectivity index (χ0n) is 10.6. The Labute approximate surface area is 112 Å². The molecule has 1 N–H and O–H groups in total. The summed E-state index contributed by atoms with van der Waals surface area (Å²) in [6.45, 7) is 0.0520. The maximum absolute atomic E-state index is 12.5. The lowest BCUT2D eigenvalue weighted by Gasteiger charge is -2.14. The topological polar surface area (TPSA) is 75.8 Å². The summed E-state index contributed by atoms with van der Waals surface area (Å²) >= 11 is 0. The highest BCUT2D eigenvalue weighted by molar-refractivity contribution is 5.49. The van der Waals surface area contributed by atoms with Gasteiger partial charge in [0, 0.05) is 12.6 Å². The van der Waals surface area contributed by atoms with Crippen LogP contribution in [0.4, 0.5) is 18.9 Å². The van der Waals surface area contributed by atoms with Gasteiger partial charge in [0.1, 0.15) is 6.61 Å². The van der Waals surface area contributed by atoms with Gasteiger partial charge in [0.25, 0.3) is 0 Å². The monoisotopic (exact) mass is 294 g/mol. The highest BCUT2D eigenvalue weighted by Crippen LogP contribution is 2.35. The summed E-state index contributed by atoms with van der Waals surface area (Å²) in [7, 11) is 1.59. The van der Waals surface area contributed by atoms with E-state index in [0.29, 0.717) is 6.07 Å². The molecule has 0 radical (unpaired) electrons. The van der Waals surface area contributed by atoms with Gasteiger partial charge in [0.05, 0.1) is 17.2 Å². The number of nitro benzene ring substituents is 1. The van der Waals surface area contributed by atoms with E-state index in [0.717, 1.165) is 12.1 Å². The van der Waals surface area contributed by atoms with Crippen LogP contribution in [-0.4, -0.2) is 41.9 Å². The predicted molar refractivity (Wildman–Crippen MR) is 63.3 cm³/mol. The summed E-state index contributed by atoms with van der Waals surface area (Å²) in [6.07, 6.45) is -4.65. The highest BCUT2D eigenvalue weighted by Gasteiger charge is 2.33. The minimum absolute atomic E-state index is 0.00324. The molecule has 0 spiro atoms. The van der Waals surface area contributed by atoms with E-state index in [1.54, 1.807) is 7.05 Å². The third-order valence-electron chi connectivity index (χ3n) is 2.45. The Balaban J connectivity index is 2.88. The Kier molecular flexibility index (Phi) is 5.28. The van der Waals surface area contributed by atoms with Crippen molar-refractivity contribution in [3.05, 3.63) is 33.9 Å². The van der Waals surface area contributed by atoms with E-state index in [9.17, 15) is 23.3 Å². The number of alkyl halides is 3. The van der Waals surface area contributed by atoms with Crippen LogP contribution in [0.3, 0.4) is 0 Å². The van der Waals surface area contributed by atoms with Gasteiger partial charge in [-0.25, -0.2) is 0 Å². The van der Waals surface area contributed by atoms with E-state index in [2.05, 4.69) is 0 Å². The van der Waals surface area contributed by atoms with E-state index in [1.807, 2.05) is 0 Å².